The lowest BCUT2D eigenvalue weighted by Crippen LogP contribution is -2.65. The molecule has 8 heteroatoms. The average molecular weight is 425 g/mol. The van der Waals surface area contributed by atoms with Crippen LogP contribution in [-0.2, 0) is 0 Å². The highest BCUT2D eigenvalue weighted by molar-refractivity contribution is 5.98. The van der Waals surface area contributed by atoms with Crippen LogP contribution in [0.3, 0.4) is 0 Å². The Bertz CT molecular complexity index is 1300. The van der Waals surface area contributed by atoms with E-state index in [1.807, 2.05) is 60.5 Å². The number of benzene rings is 2. The van der Waals surface area contributed by atoms with Crippen molar-refractivity contribution in [3.63, 3.8) is 0 Å². The lowest BCUT2D eigenvalue weighted by molar-refractivity contribution is 0.0589. The molecule has 2 aliphatic rings. The van der Waals surface area contributed by atoms with Gasteiger partial charge in [0.15, 0.2) is 0 Å². The second-order valence-electron chi connectivity index (χ2n) is 8.59. The Labute approximate surface area is 185 Å². The van der Waals surface area contributed by atoms with Crippen LogP contribution in [0.1, 0.15) is 22.3 Å². The third-order valence-electron chi connectivity index (χ3n) is 6.59. The summed E-state index contributed by atoms with van der Waals surface area (Å²) in [5, 5.41) is 9.49. The highest BCUT2D eigenvalue weighted by atomic mass is 16.2. The van der Waals surface area contributed by atoms with Crippen LogP contribution in [0.5, 0.6) is 0 Å². The number of fused-ring (bicyclic) bond motifs is 2. The van der Waals surface area contributed by atoms with Gasteiger partial charge in [0.2, 0.25) is 5.95 Å². The van der Waals surface area contributed by atoms with Crippen molar-refractivity contribution in [3.8, 4) is 5.69 Å². The predicted octanol–water partition coefficient (Wildman–Crippen LogP) is 2.87. The number of aryl methyl sites for hydroxylation is 1. The molecule has 4 aromatic rings. The van der Waals surface area contributed by atoms with Gasteiger partial charge in [0.25, 0.3) is 5.91 Å². The van der Waals surface area contributed by atoms with Crippen LogP contribution in [0.25, 0.3) is 16.6 Å². The van der Waals surface area contributed by atoms with Gasteiger partial charge in [0, 0.05) is 37.1 Å². The van der Waals surface area contributed by atoms with Crippen molar-refractivity contribution in [2.45, 2.75) is 19.4 Å². The van der Waals surface area contributed by atoms with Crippen LogP contribution < -0.4 is 4.90 Å². The first-order valence-electron chi connectivity index (χ1n) is 10.9. The molecular formula is C24H23N7O. The van der Waals surface area contributed by atoms with E-state index < -0.39 is 0 Å². The number of para-hydroxylation sites is 1. The Balaban J connectivity index is 1.26. The van der Waals surface area contributed by atoms with Gasteiger partial charge in [0.1, 0.15) is 0 Å². The van der Waals surface area contributed by atoms with E-state index in [2.05, 4.69) is 20.1 Å². The Kier molecular flexibility index (Phi) is 4.38. The van der Waals surface area contributed by atoms with Gasteiger partial charge in [-0.05, 0) is 31.5 Å². The standard InChI is InChI=1S/C24H23N7O/c1-16-6-7-21(31-26-9-10-27-31)19(12-16)23(32)29-11-8-18-14-30(22(18)15-29)24-25-13-17-4-2-3-5-20(17)28-24/h2-7,9-10,12-13,18,22H,8,11,14-15H2,1H3/t18?,22-/m1/s1. The highest BCUT2D eigenvalue weighted by Crippen LogP contribution is 2.36. The molecule has 0 spiro atoms. The number of hydrogen-bond acceptors (Lipinski definition) is 6. The van der Waals surface area contributed by atoms with Crippen LogP contribution in [-0.4, -0.2) is 61.4 Å². The monoisotopic (exact) mass is 425 g/mol. The quantitative estimate of drug-likeness (QED) is 0.502. The maximum Gasteiger partial charge on any atom is 0.256 e. The lowest BCUT2D eigenvalue weighted by atomic mass is 9.82. The van der Waals surface area contributed by atoms with Gasteiger partial charge in [-0.3, -0.25) is 4.79 Å². The minimum absolute atomic E-state index is 0.0192. The summed E-state index contributed by atoms with van der Waals surface area (Å²) in [5.74, 6) is 1.33. The summed E-state index contributed by atoms with van der Waals surface area (Å²) in [6, 6.07) is 14.1. The van der Waals surface area contributed by atoms with Crippen molar-refractivity contribution in [3.05, 3.63) is 72.2 Å². The number of carbonyl (C=O) groups is 1. The van der Waals surface area contributed by atoms with E-state index in [9.17, 15) is 4.79 Å². The molecule has 2 aromatic heterocycles. The second kappa shape index (κ2) is 7.40. The van der Waals surface area contributed by atoms with Crippen molar-refractivity contribution in [2.75, 3.05) is 24.5 Å². The van der Waals surface area contributed by atoms with Crippen LogP contribution in [0, 0.1) is 12.8 Å². The van der Waals surface area contributed by atoms with E-state index in [0.717, 1.165) is 41.9 Å². The Hall–Kier alpha value is -3.81. The van der Waals surface area contributed by atoms with Gasteiger partial charge < -0.3 is 9.80 Å². The molecule has 2 aliphatic heterocycles. The van der Waals surface area contributed by atoms with Crippen LogP contribution in [0.2, 0.25) is 0 Å². The normalized spacial score (nSPS) is 20.2. The summed E-state index contributed by atoms with van der Waals surface area (Å²) in [5.41, 5.74) is 3.32. The van der Waals surface area contributed by atoms with E-state index >= 15 is 0 Å². The number of carbonyl (C=O) groups excluding carboxylic acids is 1. The molecule has 0 N–H and O–H groups in total. The first-order valence-corrected chi connectivity index (χ1v) is 10.9. The second-order valence-corrected chi connectivity index (χ2v) is 8.59. The zero-order valence-electron chi connectivity index (χ0n) is 17.8. The zero-order valence-corrected chi connectivity index (χ0v) is 17.8. The van der Waals surface area contributed by atoms with Crippen LogP contribution in [0.15, 0.2) is 61.1 Å². The lowest BCUT2D eigenvalue weighted by Gasteiger charge is -2.53. The fourth-order valence-corrected chi connectivity index (χ4v) is 4.82. The number of likely N-dealkylation sites (tertiary alicyclic amines) is 1. The third kappa shape index (κ3) is 3.10. The SMILES string of the molecule is Cc1ccc(-n2nccn2)c(C(=O)N2CCC3CN(c4ncc5ccccc5n4)[C@@H]3C2)c1. The van der Waals surface area contributed by atoms with Gasteiger partial charge in [-0.25, -0.2) is 9.97 Å². The molecule has 1 amide bonds. The molecule has 8 nitrogen and oxygen atoms in total. The molecule has 160 valence electrons. The highest BCUT2D eigenvalue weighted by Gasteiger charge is 2.45. The third-order valence-corrected chi connectivity index (χ3v) is 6.59. The number of hydrogen-bond donors (Lipinski definition) is 0. The predicted molar refractivity (Wildman–Crippen MR) is 121 cm³/mol. The molecular weight excluding hydrogens is 402 g/mol. The number of rotatable bonds is 3. The summed E-state index contributed by atoms with van der Waals surface area (Å²) < 4.78 is 0. The van der Waals surface area contributed by atoms with Gasteiger partial charge >= 0.3 is 0 Å². The molecule has 2 fully saturated rings. The first-order chi connectivity index (χ1) is 15.7. The largest absolute Gasteiger partial charge is 0.336 e. The van der Waals surface area contributed by atoms with E-state index in [1.165, 1.54) is 4.80 Å². The van der Waals surface area contributed by atoms with Crippen molar-refractivity contribution < 1.29 is 4.79 Å². The van der Waals surface area contributed by atoms with Crippen molar-refractivity contribution in [1.29, 1.82) is 0 Å². The van der Waals surface area contributed by atoms with Crippen molar-refractivity contribution in [2.24, 2.45) is 5.92 Å². The van der Waals surface area contributed by atoms with E-state index in [4.69, 9.17) is 4.98 Å². The van der Waals surface area contributed by atoms with Gasteiger partial charge in [0.05, 0.1) is 35.2 Å². The minimum Gasteiger partial charge on any atom is -0.336 e. The summed E-state index contributed by atoms with van der Waals surface area (Å²) in [7, 11) is 0. The average Bonchev–Trinajstić information content (AvgIpc) is 3.34. The molecule has 2 atom stereocenters. The fourth-order valence-electron chi connectivity index (χ4n) is 4.82. The first kappa shape index (κ1) is 18.9. The van der Waals surface area contributed by atoms with Gasteiger partial charge in [-0.15, -0.1) is 0 Å². The Morgan fingerprint density at radius 1 is 1.06 bits per heavy atom. The summed E-state index contributed by atoms with van der Waals surface area (Å²) >= 11 is 0. The van der Waals surface area contributed by atoms with E-state index in [-0.39, 0.29) is 11.9 Å². The number of amides is 1. The number of piperidine rings is 1. The topological polar surface area (TPSA) is 80.0 Å². The molecule has 0 saturated carbocycles. The van der Waals surface area contributed by atoms with Crippen molar-refractivity contribution in [1.82, 2.24) is 29.9 Å². The fraction of sp³-hybridized carbons (Fsp3) is 0.292. The van der Waals surface area contributed by atoms with Crippen molar-refractivity contribution >= 4 is 22.8 Å². The number of nitrogens with zero attached hydrogens (tertiary/aromatic N) is 7. The molecule has 4 heterocycles. The molecule has 32 heavy (non-hydrogen) atoms. The van der Waals surface area contributed by atoms with Gasteiger partial charge in [-0.1, -0.05) is 29.8 Å². The Morgan fingerprint density at radius 2 is 1.91 bits per heavy atom. The smallest absolute Gasteiger partial charge is 0.256 e. The molecule has 0 bridgehead atoms. The molecule has 2 aromatic carbocycles. The summed E-state index contributed by atoms with van der Waals surface area (Å²) in [6.45, 7) is 4.36. The molecule has 0 radical (unpaired) electrons. The number of aromatic nitrogens is 5. The molecule has 1 unspecified atom stereocenters. The van der Waals surface area contributed by atoms with Gasteiger partial charge in [-0.2, -0.15) is 15.0 Å². The molecule has 2 saturated heterocycles. The summed E-state index contributed by atoms with van der Waals surface area (Å²) in [6.07, 6.45) is 6.11. The van der Waals surface area contributed by atoms with Crippen LogP contribution >= 0.6 is 0 Å². The molecule has 6 rings (SSSR count). The number of anilines is 1. The zero-order chi connectivity index (χ0) is 21.7. The minimum atomic E-state index is 0.0192. The maximum atomic E-state index is 13.6. The van der Waals surface area contributed by atoms with E-state index in [1.54, 1.807) is 12.4 Å². The Morgan fingerprint density at radius 3 is 2.78 bits per heavy atom. The van der Waals surface area contributed by atoms with Crippen LogP contribution in [0.4, 0.5) is 5.95 Å². The summed E-state index contributed by atoms with van der Waals surface area (Å²) in [4.78, 5) is 28.6. The molecule has 0 aliphatic carbocycles. The van der Waals surface area contributed by atoms with E-state index in [0.29, 0.717) is 23.7 Å². The maximum absolute atomic E-state index is 13.6.